The molecule has 4 heteroatoms. The van der Waals surface area contributed by atoms with Crippen LogP contribution in [0, 0.1) is 0 Å². The molecule has 0 atom stereocenters. The number of anilines is 1. The zero-order chi connectivity index (χ0) is 10.8. The van der Waals surface area contributed by atoms with Crippen molar-refractivity contribution in [1.29, 1.82) is 0 Å². The fraction of sp³-hybridized carbons (Fsp3) is 0.727. The molecule has 0 bridgehead atoms. The molecular formula is C11H18ClN3. The Balaban J connectivity index is 2.26. The Labute approximate surface area is 96.0 Å². The van der Waals surface area contributed by atoms with E-state index >= 15 is 0 Å². The molecule has 1 aromatic rings. The molecule has 0 saturated carbocycles. The van der Waals surface area contributed by atoms with Gasteiger partial charge in [-0.15, -0.1) is 0 Å². The van der Waals surface area contributed by atoms with Gasteiger partial charge in [0.05, 0.1) is 6.20 Å². The van der Waals surface area contributed by atoms with Gasteiger partial charge in [-0.05, 0) is 33.1 Å². The number of aromatic nitrogens is 2. The topological polar surface area (TPSA) is 21.1 Å². The number of piperidine rings is 1. The summed E-state index contributed by atoms with van der Waals surface area (Å²) < 4.78 is 2.10. The van der Waals surface area contributed by atoms with E-state index in [1.165, 1.54) is 19.3 Å². The third-order valence-electron chi connectivity index (χ3n) is 2.89. The maximum absolute atomic E-state index is 6.13. The minimum absolute atomic E-state index is 0.372. The fourth-order valence-corrected chi connectivity index (χ4v) is 2.46. The van der Waals surface area contributed by atoms with Gasteiger partial charge in [0.25, 0.3) is 0 Å². The number of hydrogen-bond donors (Lipinski definition) is 0. The molecule has 2 heterocycles. The van der Waals surface area contributed by atoms with Gasteiger partial charge in [0.15, 0.2) is 0 Å². The molecule has 1 aliphatic rings. The van der Waals surface area contributed by atoms with Crippen molar-refractivity contribution in [2.75, 3.05) is 18.0 Å². The van der Waals surface area contributed by atoms with E-state index in [0.29, 0.717) is 6.04 Å². The van der Waals surface area contributed by atoms with Crippen molar-refractivity contribution in [2.45, 2.75) is 39.2 Å². The van der Waals surface area contributed by atoms with Crippen molar-refractivity contribution in [3.8, 4) is 0 Å². The van der Waals surface area contributed by atoms with Crippen LogP contribution >= 0.6 is 11.6 Å². The summed E-state index contributed by atoms with van der Waals surface area (Å²) >= 11 is 6.13. The van der Waals surface area contributed by atoms with E-state index < -0.39 is 0 Å². The van der Waals surface area contributed by atoms with Crippen LogP contribution in [0.15, 0.2) is 6.20 Å². The standard InChI is InChI=1S/C11H18ClN3/c1-9(2)15-10(12)8-13-11(15)14-6-4-3-5-7-14/h8-9H,3-7H2,1-2H3. The van der Waals surface area contributed by atoms with Gasteiger partial charge < -0.3 is 4.90 Å². The zero-order valence-electron chi connectivity index (χ0n) is 9.41. The van der Waals surface area contributed by atoms with Crippen molar-refractivity contribution in [3.05, 3.63) is 11.3 Å². The predicted molar refractivity (Wildman–Crippen MR) is 63.7 cm³/mol. The van der Waals surface area contributed by atoms with E-state index in [0.717, 1.165) is 24.2 Å². The second-order valence-electron chi connectivity index (χ2n) is 4.39. The Hall–Kier alpha value is -0.700. The van der Waals surface area contributed by atoms with Crippen molar-refractivity contribution in [1.82, 2.24) is 9.55 Å². The molecular weight excluding hydrogens is 210 g/mol. The van der Waals surface area contributed by atoms with Gasteiger partial charge in [-0.3, -0.25) is 4.57 Å². The van der Waals surface area contributed by atoms with E-state index in [-0.39, 0.29) is 0 Å². The SMILES string of the molecule is CC(C)n1c(Cl)cnc1N1CCCCC1. The molecule has 0 spiro atoms. The summed E-state index contributed by atoms with van der Waals surface area (Å²) in [6, 6.07) is 0.372. The first-order chi connectivity index (χ1) is 7.20. The monoisotopic (exact) mass is 227 g/mol. The fourth-order valence-electron chi connectivity index (χ4n) is 2.14. The van der Waals surface area contributed by atoms with Crippen molar-refractivity contribution in [3.63, 3.8) is 0 Å². The lowest BCUT2D eigenvalue weighted by Gasteiger charge is -2.29. The number of hydrogen-bond acceptors (Lipinski definition) is 2. The van der Waals surface area contributed by atoms with Crippen LogP contribution in [0.5, 0.6) is 0 Å². The largest absolute Gasteiger partial charge is 0.342 e. The summed E-state index contributed by atoms with van der Waals surface area (Å²) in [7, 11) is 0. The summed E-state index contributed by atoms with van der Waals surface area (Å²) in [5, 5.41) is 0.741. The average Bonchev–Trinajstić information content (AvgIpc) is 2.61. The van der Waals surface area contributed by atoms with E-state index in [1.807, 2.05) is 0 Å². The van der Waals surface area contributed by atoms with E-state index in [2.05, 4.69) is 28.3 Å². The molecule has 0 N–H and O–H groups in total. The van der Waals surface area contributed by atoms with Crippen molar-refractivity contribution < 1.29 is 0 Å². The number of imidazole rings is 1. The number of nitrogens with zero attached hydrogens (tertiary/aromatic N) is 3. The Kier molecular flexibility index (Phi) is 3.19. The van der Waals surface area contributed by atoms with Crippen molar-refractivity contribution >= 4 is 17.5 Å². The minimum Gasteiger partial charge on any atom is -0.342 e. The second kappa shape index (κ2) is 4.44. The lowest BCUT2D eigenvalue weighted by Crippen LogP contribution is -2.32. The van der Waals surface area contributed by atoms with Crippen LogP contribution in [-0.2, 0) is 0 Å². The second-order valence-corrected chi connectivity index (χ2v) is 4.78. The van der Waals surface area contributed by atoms with E-state index in [9.17, 15) is 0 Å². The van der Waals surface area contributed by atoms with Gasteiger partial charge in [0.1, 0.15) is 5.15 Å². The number of halogens is 1. The molecule has 0 aliphatic carbocycles. The van der Waals surface area contributed by atoms with Gasteiger partial charge in [0, 0.05) is 19.1 Å². The first-order valence-electron chi connectivity index (χ1n) is 5.68. The minimum atomic E-state index is 0.372. The molecule has 1 aromatic heterocycles. The lowest BCUT2D eigenvalue weighted by molar-refractivity contribution is 0.534. The normalized spacial score (nSPS) is 17.5. The van der Waals surface area contributed by atoms with Gasteiger partial charge >= 0.3 is 0 Å². The Morgan fingerprint density at radius 3 is 2.53 bits per heavy atom. The molecule has 3 nitrogen and oxygen atoms in total. The van der Waals surface area contributed by atoms with Gasteiger partial charge in [-0.2, -0.15) is 0 Å². The third kappa shape index (κ3) is 2.12. The van der Waals surface area contributed by atoms with Crippen LogP contribution < -0.4 is 4.90 Å². The maximum Gasteiger partial charge on any atom is 0.206 e. The molecule has 0 amide bonds. The van der Waals surface area contributed by atoms with Crippen LogP contribution in [0.2, 0.25) is 5.15 Å². The highest BCUT2D eigenvalue weighted by atomic mass is 35.5. The quantitative estimate of drug-likeness (QED) is 0.774. The first-order valence-corrected chi connectivity index (χ1v) is 6.05. The van der Waals surface area contributed by atoms with Gasteiger partial charge in [0.2, 0.25) is 5.95 Å². The molecule has 1 saturated heterocycles. The van der Waals surface area contributed by atoms with Gasteiger partial charge in [-0.1, -0.05) is 11.6 Å². The smallest absolute Gasteiger partial charge is 0.206 e. The predicted octanol–water partition coefficient (Wildman–Crippen LogP) is 3.11. The van der Waals surface area contributed by atoms with Crippen molar-refractivity contribution in [2.24, 2.45) is 0 Å². The summed E-state index contributed by atoms with van der Waals surface area (Å²) in [6.45, 7) is 6.50. The Morgan fingerprint density at radius 1 is 1.27 bits per heavy atom. The summed E-state index contributed by atoms with van der Waals surface area (Å²) in [5.74, 6) is 1.04. The molecule has 84 valence electrons. The zero-order valence-corrected chi connectivity index (χ0v) is 10.2. The highest BCUT2D eigenvalue weighted by Crippen LogP contribution is 2.26. The van der Waals surface area contributed by atoms with Crippen LogP contribution in [0.25, 0.3) is 0 Å². The van der Waals surface area contributed by atoms with Crippen LogP contribution in [0.3, 0.4) is 0 Å². The number of rotatable bonds is 2. The molecule has 1 aliphatic heterocycles. The first kappa shape index (κ1) is 10.8. The molecule has 0 unspecified atom stereocenters. The Morgan fingerprint density at radius 2 is 1.93 bits per heavy atom. The molecule has 0 radical (unpaired) electrons. The molecule has 15 heavy (non-hydrogen) atoms. The van der Waals surface area contributed by atoms with Gasteiger partial charge in [-0.25, -0.2) is 4.98 Å². The lowest BCUT2D eigenvalue weighted by atomic mass is 10.1. The average molecular weight is 228 g/mol. The molecule has 0 aromatic carbocycles. The Bertz CT molecular complexity index is 327. The summed E-state index contributed by atoms with van der Waals surface area (Å²) in [4.78, 5) is 6.76. The van der Waals surface area contributed by atoms with Crippen LogP contribution in [-0.4, -0.2) is 22.6 Å². The highest BCUT2D eigenvalue weighted by molar-refractivity contribution is 6.29. The maximum atomic E-state index is 6.13. The summed E-state index contributed by atoms with van der Waals surface area (Å²) in [5.41, 5.74) is 0. The van der Waals surface area contributed by atoms with E-state index in [4.69, 9.17) is 11.6 Å². The molecule has 1 fully saturated rings. The van der Waals surface area contributed by atoms with Crippen LogP contribution in [0.4, 0.5) is 5.95 Å². The molecule has 2 rings (SSSR count). The van der Waals surface area contributed by atoms with Crippen LogP contribution in [0.1, 0.15) is 39.2 Å². The third-order valence-corrected chi connectivity index (χ3v) is 3.17. The highest BCUT2D eigenvalue weighted by Gasteiger charge is 2.19. The van der Waals surface area contributed by atoms with E-state index in [1.54, 1.807) is 6.20 Å². The summed E-state index contributed by atoms with van der Waals surface area (Å²) in [6.07, 6.45) is 5.63.